The molecule has 3 aromatic rings. The molecule has 2 heterocycles. The van der Waals surface area contributed by atoms with Crippen molar-refractivity contribution in [2.24, 2.45) is 4.99 Å². The fourth-order valence-electron chi connectivity index (χ4n) is 3.67. The van der Waals surface area contributed by atoms with Crippen molar-refractivity contribution in [1.29, 1.82) is 0 Å². The highest BCUT2D eigenvalue weighted by molar-refractivity contribution is 6.01. The quantitative estimate of drug-likeness (QED) is 0.691. The summed E-state index contributed by atoms with van der Waals surface area (Å²) in [6.45, 7) is 3.26. The van der Waals surface area contributed by atoms with E-state index in [-0.39, 0.29) is 11.4 Å². The van der Waals surface area contributed by atoms with Gasteiger partial charge in [0.05, 0.1) is 11.3 Å². The fourth-order valence-corrected chi connectivity index (χ4v) is 3.67. The molecule has 2 aromatic carbocycles. The zero-order valence-corrected chi connectivity index (χ0v) is 15.2. The molecule has 0 spiro atoms. The lowest BCUT2D eigenvalue weighted by Gasteiger charge is -2.26. The molecular formula is C22H23N3O2. The fraction of sp³-hybridized carbons (Fsp3) is 0.273. The maximum atomic E-state index is 12.0. The van der Waals surface area contributed by atoms with Gasteiger partial charge in [-0.2, -0.15) is 0 Å². The van der Waals surface area contributed by atoms with E-state index >= 15 is 0 Å². The van der Waals surface area contributed by atoms with Crippen molar-refractivity contribution in [3.05, 3.63) is 70.0 Å². The van der Waals surface area contributed by atoms with Crippen LogP contribution in [0.25, 0.3) is 10.8 Å². The van der Waals surface area contributed by atoms with Gasteiger partial charge < -0.3 is 5.11 Å². The van der Waals surface area contributed by atoms with Crippen LogP contribution in [0, 0.1) is 0 Å². The first kappa shape index (κ1) is 17.5. The normalized spacial score (nSPS) is 15.6. The van der Waals surface area contributed by atoms with Crippen LogP contribution in [0.3, 0.4) is 0 Å². The summed E-state index contributed by atoms with van der Waals surface area (Å²) in [5, 5.41) is 11.4. The standard InChI is InChI=1S/C22H23N3O2/c26-21-19-10-3-2-9-18(19)20(22(27)24-21)14-23-17-8-6-7-16(13-17)15-25-11-4-1-5-12-25/h2-3,6-10,13-14H,1,4-5,11-12,15H2,(H2,24,26,27). The summed E-state index contributed by atoms with van der Waals surface area (Å²) in [7, 11) is 0. The highest BCUT2D eigenvalue weighted by atomic mass is 16.3. The van der Waals surface area contributed by atoms with Crippen molar-refractivity contribution >= 4 is 22.7 Å². The molecule has 1 aliphatic rings. The number of hydrogen-bond donors (Lipinski definition) is 2. The summed E-state index contributed by atoms with van der Waals surface area (Å²) in [6.07, 6.45) is 5.50. The number of benzene rings is 2. The first-order valence-corrected chi connectivity index (χ1v) is 9.40. The molecule has 0 atom stereocenters. The number of likely N-dealkylation sites (tertiary alicyclic amines) is 1. The summed E-state index contributed by atoms with van der Waals surface area (Å²) in [5.74, 6) is -0.160. The minimum Gasteiger partial charge on any atom is -0.494 e. The second-order valence-corrected chi connectivity index (χ2v) is 7.03. The highest BCUT2D eigenvalue weighted by Crippen LogP contribution is 2.22. The van der Waals surface area contributed by atoms with Crippen molar-refractivity contribution < 1.29 is 5.11 Å². The number of nitrogens with zero attached hydrogens (tertiary/aromatic N) is 2. The van der Waals surface area contributed by atoms with E-state index in [1.807, 2.05) is 24.3 Å². The number of fused-ring (bicyclic) bond motifs is 1. The average Bonchev–Trinajstić information content (AvgIpc) is 2.69. The number of H-pyrrole nitrogens is 1. The molecule has 0 unspecified atom stereocenters. The number of rotatable bonds is 4. The van der Waals surface area contributed by atoms with E-state index in [4.69, 9.17) is 0 Å². The molecular weight excluding hydrogens is 338 g/mol. The molecule has 1 aromatic heterocycles. The van der Waals surface area contributed by atoms with E-state index in [0.29, 0.717) is 16.3 Å². The first-order valence-electron chi connectivity index (χ1n) is 9.40. The molecule has 138 valence electrons. The number of aromatic nitrogens is 1. The van der Waals surface area contributed by atoms with Gasteiger partial charge in [0.2, 0.25) is 5.88 Å². The van der Waals surface area contributed by atoms with Crippen LogP contribution in [0.1, 0.15) is 30.4 Å². The molecule has 0 radical (unpaired) electrons. The molecule has 0 saturated carbocycles. The molecule has 2 N–H and O–H groups in total. The van der Waals surface area contributed by atoms with Crippen LogP contribution in [-0.2, 0) is 6.54 Å². The van der Waals surface area contributed by atoms with E-state index in [1.165, 1.54) is 24.8 Å². The van der Waals surface area contributed by atoms with E-state index in [1.54, 1.807) is 18.3 Å². The van der Waals surface area contributed by atoms with Crippen LogP contribution in [0.4, 0.5) is 5.69 Å². The van der Waals surface area contributed by atoms with Gasteiger partial charge in [0.1, 0.15) is 0 Å². The third kappa shape index (κ3) is 3.93. The molecule has 4 rings (SSSR count). The number of piperidine rings is 1. The van der Waals surface area contributed by atoms with Crippen molar-refractivity contribution in [2.75, 3.05) is 13.1 Å². The number of aromatic amines is 1. The van der Waals surface area contributed by atoms with E-state index in [9.17, 15) is 9.90 Å². The smallest absolute Gasteiger partial charge is 0.258 e. The largest absolute Gasteiger partial charge is 0.494 e. The van der Waals surface area contributed by atoms with E-state index in [0.717, 1.165) is 25.3 Å². The van der Waals surface area contributed by atoms with E-state index < -0.39 is 0 Å². The summed E-state index contributed by atoms with van der Waals surface area (Å²) in [5.41, 5.74) is 2.29. The first-order chi connectivity index (χ1) is 13.2. The van der Waals surface area contributed by atoms with Gasteiger partial charge in [-0.3, -0.25) is 19.7 Å². The average molecular weight is 361 g/mol. The van der Waals surface area contributed by atoms with Gasteiger partial charge in [0.25, 0.3) is 5.56 Å². The Morgan fingerprint density at radius 2 is 1.81 bits per heavy atom. The third-order valence-corrected chi connectivity index (χ3v) is 5.06. The van der Waals surface area contributed by atoms with Gasteiger partial charge in [-0.15, -0.1) is 0 Å². The van der Waals surface area contributed by atoms with Gasteiger partial charge >= 0.3 is 0 Å². The highest BCUT2D eigenvalue weighted by Gasteiger charge is 2.11. The summed E-state index contributed by atoms with van der Waals surface area (Å²) in [6, 6.07) is 15.4. The molecule has 0 aliphatic carbocycles. The zero-order chi connectivity index (χ0) is 18.6. The second-order valence-electron chi connectivity index (χ2n) is 7.03. The van der Waals surface area contributed by atoms with Crippen LogP contribution < -0.4 is 5.56 Å². The molecule has 0 bridgehead atoms. The summed E-state index contributed by atoms with van der Waals surface area (Å²) in [4.78, 5) is 21.5. The van der Waals surface area contributed by atoms with Crippen LogP contribution in [0.5, 0.6) is 5.88 Å². The van der Waals surface area contributed by atoms with Crippen molar-refractivity contribution in [3.63, 3.8) is 0 Å². The van der Waals surface area contributed by atoms with Gasteiger partial charge in [-0.25, -0.2) is 0 Å². The van der Waals surface area contributed by atoms with Gasteiger partial charge in [0, 0.05) is 23.5 Å². The Morgan fingerprint density at radius 3 is 2.63 bits per heavy atom. The minimum atomic E-state index is -0.302. The van der Waals surface area contributed by atoms with E-state index in [2.05, 4.69) is 27.0 Å². The van der Waals surface area contributed by atoms with Crippen LogP contribution in [0.15, 0.2) is 58.3 Å². The lowest BCUT2D eigenvalue weighted by atomic mass is 10.1. The molecule has 1 saturated heterocycles. The van der Waals surface area contributed by atoms with Gasteiger partial charge in [-0.1, -0.05) is 36.8 Å². The molecule has 5 heteroatoms. The Hall–Kier alpha value is -2.92. The molecule has 5 nitrogen and oxygen atoms in total. The Kier molecular flexibility index (Phi) is 5.03. The molecule has 27 heavy (non-hydrogen) atoms. The van der Waals surface area contributed by atoms with Gasteiger partial charge in [0.15, 0.2) is 0 Å². The van der Waals surface area contributed by atoms with Gasteiger partial charge in [-0.05, 0) is 49.7 Å². The van der Waals surface area contributed by atoms with Crippen LogP contribution >= 0.6 is 0 Å². The zero-order valence-electron chi connectivity index (χ0n) is 15.2. The lowest BCUT2D eigenvalue weighted by molar-refractivity contribution is 0.221. The third-order valence-electron chi connectivity index (χ3n) is 5.06. The maximum absolute atomic E-state index is 12.0. The predicted octanol–water partition coefficient (Wildman–Crippen LogP) is 3.97. The monoisotopic (exact) mass is 361 g/mol. The van der Waals surface area contributed by atoms with Crippen molar-refractivity contribution in [2.45, 2.75) is 25.8 Å². The van der Waals surface area contributed by atoms with Crippen molar-refractivity contribution in [1.82, 2.24) is 9.88 Å². The lowest BCUT2D eigenvalue weighted by Crippen LogP contribution is -2.28. The second kappa shape index (κ2) is 7.76. The Balaban J connectivity index is 1.61. The molecule has 1 aliphatic heterocycles. The number of aromatic hydroxyl groups is 1. The number of nitrogens with one attached hydrogen (secondary N) is 1. The maximum Gasteiger partial charge on any atom is 0.258 e. The summed E-state index contributed by atoms with van der Waals surface area (Å²) < 4.78 is 0. The Labute approximate surface area is 158 Å². The SMILES string of the molecule is O=c1[nH]c(O)c(C=Nc2cccc(CN3CCCCC3)c2)c2ccccc12. The topological polar surface area (TPSA) is 68.7 Å². The van der Waals surface area contributed by atoms with Crippen LogP contribution in [-0.4, -0.2) is 34.3 Å². The van der Waals surface area contributed by atoms with Crippen molar-refractivity contribution in [3.8, 4) is 5.88 Å². The van der Waals surface area contributed by atoms with Crippen LogP contribution in [0.2, 0.25) is 0 Å². The number of hydrogen-bond acceptors (Lipinski definition) is 4. The molecule has 0 amide bonds. The predicted molar refractivity (Wildman–Crippen MR) is 109 cm³/mol. The summed E-state index contributed by atoms with van der Waals surface area (Å²) >= 11 is 0. The number of aliphatic imine (C=N–C) groups is 1. The minimum absolute atomic E-state index is 0.160. The Morgan fingerprint density at radius 1 is 1.04 bits per heavy atom. The number of pyridine rings is 1. The molecule has 1 fully saturated rings. The Bertz CT molecular complexity index is 1030.